The lowest BCUT2D eigenvalue weighted by atomic mass is 10.0. The van der Waals surface area contributed by atoms with Gasteiger partial charge in [-0.3, -0.25) is 9.69 Å². The molecule has 2 aromatic carbocycles. The van der Waals surface area contributed by atoms with E-state index >= 15 is 0 Å². The number of alkyl halides is 1. The number of nitrogens with zero attached hydrogens (tertiary/aromatic N) is 1. The van der Waals surface area contributed by atoms with E-state index in [0.717, 1.165) is 5.56 Å². The molecule has 0 aromatic heterocycles. The molecule has 2 rings (SSSR count). The Balaban J connectivity index is 2.36. The number of hydrogen-bond acceptors (Lipinski definition) is 2. The van der Waals surface area contributed by atoms with Crippen LogP contribution in [-0.4, -0.2) is 28.4 Å². The van der Waals surface area contributed by atoms with Gasteiger partial charge in [0.1, 0.15) is 6.04 Å². The van der Waals surface area contributed by atoms with E-state index in [0.29, 0.717) is 11.0 Å². The highest BCUT2D eigenvalue weighted by molar-refractivity contribution is 9.09. The fourth-order valence-corrected chi connectivity index (χ4v) is 2.75. The molecule has 0 fully saturated rings. The predicted octanol–water partition coefficient (Wildman–Crippen LogP) is 3.50. The molecule has 4 nitrogen and oxygen atoms in total. The van der Waals surface area contributed by atoms with E-state index in [9.17, 15) is 14.7 Å². The zero-order valence-electron chi connectivity index (χ0n) is 12.6. The summed E-state index contributed by atoms with van der Waals surface area (Å²) in [6.45, 7) is 0. The summed E-state index contributed by atoms with van der Waals surface area (Å²) >= 11 is 3.25. The molecule has 0 aliphatic heterocycles. The van der Waals surface area contributed by atoms with Crippen LogP contribution < -0.4 is 4.90 Å². The fourth-order valence-electron chi connectivity index (χ4n) is 2.41. The van der Waals surface area contributed by atoms with Crippen molar-refractivity contribution in [3.63, 3.8) is 0 Å². The second-order valence-corrected chi connectivity index (χ2v) is 5.88. The molecule has 0 unspecified atom stereocenters. The summed E-state index contributed by atoms with van der Waals surface area (Å²) in [5.41, 5.74) is 1.48. The van der Waals surface area contributed by atoms with Crippen LogP contribution in [0.4, 0.5) is 5.69 Å². The number of rotatable bonds is 7. The number of anilines is 1. The van der Waals surface area contributed by atoms with Crippen LogP contribution in [-0.2, 0) is 16.0 Å². The number of carboxylic acid groups (broad SMARTS) is 1. The maximum absolute atomic E-state index is 12.5. The Labute approximate surface area is 143 Å². The van der Waals surface area contributed by atoms with Crippen LogP contribution >= 0.6 is 15.9 Å². The van der Waals surface area contributed by atoms with Crippen LogP contribution in [0.5, 0.6) is 0 Å². The summed E-state index contributed by atoms with van der Waals surface area (Å²) in [6.07, 6.45) is 0.507. The highest BCUT2D eigenvalue weighted by Crippen LogP contribution is 2.21. The summed E-state index contributed by atoms with van der Waals surface area (Å²) in [5.74, 6) is -1.22. The van der Waals surface area contributed by atoms with Crippen molar-refractivity contribution in [3.05, 3.63) is 66.2 Å². The van der Waals surface area contributed by atoms with Gasteiger partial charge in [-0.15, -0.1) is 0 Å². The molecule has 0 saturated carbocycles. The molecule has 0 radical (unpaired) electrons. The first-order chi connectivity index (χ1) is 11.1. The first-order valence-electron chi connectivity index (χ1n) is 7.33. The van der Waals surface area contributed by atoms with Crippen LogP contribution in [0.25, 0.3) is 0 Å². The largest absolute Gasteiger partial charge is 0.480 e. The third-order valence-electron chi connectivity index (χ3n) is 3.48. The van der Waals surface area contributed by atoms with Gasteiger partial charge in [0, 0.05) is 23.9 Å². The third-order valence-corrected chi connectivity index (χ3v) is 3.88. The first-order valence-corrected chi connectivity index (χ1v) is 8.45. The molecule has 0 bridgehead atoms. The summed E-state index contributed by atoms with van der Waals surface area (Å²) in [7, 11) is 0. The number of hydrogen-bond donors (Lipinski definition) is 1. The normalized spacial score (nSPS) is 11.7. The highest BCUT2D eigenvalue weighted by Gasteiger charge is 2.30. The Hall–Kier alpha value is -2.14. The summed E-state index contributed by atoms with van der Waals surface area (Å²) < 4.78 is 0. The van der Waals surface area contributed by atoms with Gasteiger partial charge in [-0.2, -0.15) is 0 Å². The number of para-hydroxylation sites is 1. The van der Waals surface area contributed by atoms with Crippen molar-refractivity contribution in [2.24, 2.45) is 0 Å². The lowest BCUT2D eigenvalue weighted by molar-refractivity contribution is -0.140. The Bertz CT molecular complexity index is 646. The van der Waals surface area contributed by atoms with E-state index in [1.807, 2.05) is 36.4 Å². The van der Waals surface area contributed by atoms with Crippen molar-refractivity contribution in [3.8, 4) is 0 Å². The average molecular weight is 376 g/mol. The van der Waals surface area contributed by atoms with Crippen LogP contribution in [0.2, 0.25) is 0 Å². The number of benzene rings is 2. The van der Waals surface area contributed by atoms with E-state index in [-0.39, 0.29) is 18.7 Å². The van der Waals surface area contributed by atoms with Crippen LogP contribution in [0.1, 0.15) is 12.0 Å². The van der Waals surface area contributed by atoms with E-state index in [1.165, 1.54) is 4.90 Å². The molecule has 0 aliphatic carbocycles. The van der Waals surface area contributed by atoms with Gasteiger partial charge in [0.15, 0.2) is 0 Å². The molecule has 5 heteroatoms. The maximum atomic E-state index is 12.5. The quantitative estimate of drug-likeness (QED) is 0.753. The van der Waals surface area contributed by atoms with E-state index in [4.69, 9.17) is 0 Å². The van der Waals surface area contributed by atoms with Crippen molar-refractivity contribution in [2.45, 2.75) is 18.9 Å². The number of carbonyl (C=O) groups excluding carboxylic acids is 1. The molecule has 120 valence electrons. The van der Waals surface area contributed by atoms with E-state index in [1.54, 1.807) is 24.3 Å². The van der Waals surface area contributed by atoms with Gasteiger partial charge >= 0.3 is 5.97 Å². The molecule has 0 saturated heterocycles. The molecule has 0 spiro atoms. The topological polar surface area (TPSA) is 57.6 Å². The van der Waals surface area contributed by atoms with E-state index in [2.05, 4.69) is 15.9 Å². The van der Waals surface area contributed by atoms with Gasteiger partial charge in [-0.05, 0) is 17.7 Å². The Morgan fingerprint density at radius 3 is 2.09 bits per heavy atom. The minimum Gasteiger partial charge on any atom is -0.480 e. The van der Waals surface area contributed by atoms with Crippen LogP contribution in [0, 0.1) is 0 Å². The lowest BCUT2D eigenvalue weighted by Gasteiger charge is -2.29. The Morgan fingerprint density at radius 1 is 1.00 bits per heavy atom. The number of amides is 1. The SMILES string of the molecule is O=C(O)[C@H](Cc1ccccc1)N(C(=O)CCBr)c1ccccc1. The van der Waals surface area contributed by atoms with Gasteiger partial charge in [-0.1, -0.05) is 64.5 Å². The monoisotopic (exact) mass is 375 g/mol. The first kappa shape index (κ1) is 17.2. The molecule has 1 N–H and O–H groups in total. The van der Waals surface area contributed by atoms with E-state index < -0.39 is 12.0 Å². The zero-order chi connectivity index (χ0) is 16.7. The van der Waals surface area contributed by atoms with Crippen LogP contribution in [0.3, 0.4) is 0 Å². The maximum Gasteiger partial charge on any atom is 0.327 e. The number of aliphatic carboxylic acids is 1. The number of halogens is 1. The molecule has 2 aromatic rings. The van der Waals surface area contributed by atoms with Crippen molar-refractivity contribution < 1.29 is 14.7 Å². The second-order valence-electron chi connectivity index (χ2n) is 5.08. The summed E-state index contributed by atoms with van der Waals surface area (Å²) in [5, 5.41) is 10.2. The smallest absolute Gasteiger partial charge is 0.327 e. The summed E-state index contributed by atoms with van der Waals surface area (Å²) in [4.78, 5) is 25.7. The molecule has 0 heterocycles. The second kappa shape index (κ2) is 8.48. The molecule has 23 heavy (non-hydrogen) atoms. The summed E-state index contributed by atoms with van der Waals surface area (Å²) in [6, 6.07) is 17.3. The van der Waals surface area contributed by atoms with Gasteiger partial charge in [-0.25, -0.2) is 4.79 Å². The number of carbonyl (C=O) groups is 2. The average Bonchev–Trinajstić information content (AvgIpc) is 2.56. The van der Waals surface area contributed by atoms with Crippen molar-refractivity contribution in [2.75, 3.05) is 10.2 Å². The highest BCUT2D eigenvalue weighted by atomic mass is 79.9. The van der Waals surface area contributed by atoms with Crippen molar-refractivity contribution >= 4 is 33.5 Å². The minimum absolute atomic E-state index is 0.212. The minimum atomic E-state index is -1.01. The van der Waals surface area contributed by atoms with Gasteiger partial charge in [0.05, 0.1) is 0 Å². The third kappa shape index (κ3) is 4.66. The lowest BCUT2D eigenvalue weighted by Crippen LogP contribution is -2.46. The van der Waals surface area contributed by atoms with Crippen molar-refractivity contribution in [1.29, 1.82) is 0 Å². The molecule has 1 atom stereocenters. The van der Waals surface area contributed by atoms with Crippen molar-refractivity contribution in [1.82, 2.24) is 0 Å². The Kier molecular flexibility index (Phi) is 6.35. The molecular weight excluding hydrogens is 358 g/mol. The number of carboxylic acids is 1. The predicted molar refractivity (Wildman–Crippen MR) is 93.9 cm³/mol. The van der Waals surface area contributed by atoms with Gasteiger partial charge in [0.2, 0.25) is 5.91 Å². The Morgan fingerprint density at radius 2 is 1.57 bits per heavy atom. The van der Waals surface area contributed by atoms with Crippen LogP contribution in [0.15, 0.2) is 60.7 Å². The van der Waals surface area contributed by atoms with Gasteiger partial charge < -0.3 is 5.11 Å². The molecule has 0 aliphatic rings. The van der Waals surface area contributed by atoms with Gasteiger partial charge in [0.25, 0.3) is 0 Å². The standard InChI is InChI=1S/C18H18BrNO3/c19-12-11-17(21)20(15-9-5-2-6-10-15)16(18(22)23)13-14-7-3-1-4-8-14/h1-10,16H,11-13H2,(H,22,23)/t16-/m0/s1. The molecular formula is C18H18BrNO3. The molecule has 1 amide bonds. The zero-order valence-corrected chi connectivity index (χ0v) is 14.1. The fraction of sp³-hybridized carbons (Fsp3) is 0.222.